The Morgan fingerprint density at radius 3 is 3.17 bits per heavy atom. The summed E-state index contributed by atoms with van der Waals surface area (Å²) in [7, 11) is 1.63. The molecule has 6 heteroatoms. The Bertz CT molecular complexity index is 678. The van der Waals surface area contributed by atoms with E-state index in [1.54, 1.807) is 13.2 Å². The molecular formula is C18H23N3O3. The third-order valence-electron chi connectivity index (χ3n) is 4.29. The van der Waals surface area contributed by atoms with Gasteiger partial charge in [-0.05, 0) is 43.4 Å². The molecule has 1 saturated heterocycles. The molecule has 128 valence electrons. The Kier molecular flexibility index (Phi) is 5.48. The van der Waals surface area contributed by atoms with Crippen LogP contribution in [0, 0.1) is 5.92 Å². The van der Waals surface area contributed by atoms with Crippen LogP contribution in [0.15, 0.2) is 30.3 Å². The quantitative estimate of drug-likeness (QED) is 0.766. The number of carbonyl (C=O) groups excluding carboxylic acids is 1. The molecule has 0 spiro atoms. The minimum absolute atomic E-state index is 0.126. The van der Waals surface area contributed by atoms with E-state index < -0.39 is 0 Å². The fourth-order valence-electron chi connectivity index (χ4n) is 2.87. The fourth-order valence-corrected chi connectivity index (χ4v) is 2.87. The number of H-pyrrole nitrogens is 1. The van der Waals surface area contributed by atoms with Crippen LogP contribution in [0.5, 0.6) is 5.75 Å². The number of benzene rings is 1. The molecule has 0 unspecified atom stereocenters. The molecule has 2 N–H and O–H groups in total. The Morgan fingerprint density at radius 2 is 2.38 bits per heavy atom. The zero-order chi connectivity index (χ0) is 16.8. The molecule has 2 aromatic rings. The van der Waals surface area contributed by atoms with Crippen LogP contribution in [0.1, 0.15) is 29.8 Å². The molecule has 1 aliphatic heterocycles. The van der Waals surface area contributed by atoms with Crippen LogP contribution < -0.4 is 10.1 Å². The SMILES string of the molecule is COc1cccc(-c2cc(C(=O)NCCC[C@H]3CCOC3)[nH]n2)c1. The Hall–Kier alpha value is -2.34. The van der Waals surface area contributed by atoms with Crippen molar-refractivity contribution in [2.24, 2.45) is 5.92 Å². The number of nitrogens with zero attached hydrogens (tertiary/aromatic N) is 1. The van der Waals surface area contributed by atoms with Crippen LogP contribution in [0.3, 0.4) is 0 Å². The van der Waals surface area contributed by atoms with Gasteiger partial charge in [0.05, 0.1) is 12.8 Å². The fraction of sp³-hybridized carbons (Fsp3) is 0.444. The van der Waals surface area contributed by atoms with E-state index in [-0.39, 0.29) is 5.91 Å². The largest absolute Gasteiger partial charge is 0.497 e. The van der Waals surface area contributed by atoms with Crippen molar-refractivity contribution in [2.75, 3.05) is 26.9 Å². The van der Waals surface area contributed by atoms with Gasteiger partial charge >= 0.3 is 0 Å². The molecule has 0 aliphatic carbocycles. The van der Waals surface area contributed by atoms with Crippen LogP contribution >= 0.6 is 0 Å². The zero-order valence-electron chi connectivity index (χ0n) is 13.9. The van der Waals surface area contributed by atoms with Crippen molar-refractivity contribution in [1.82, 2.24) is 15.5 Å². The van der Waals surface area contributed by atoms with Crippen LogP contribution in [0.2, 0.25) is 0 Å². The van der Waals surface area contributed by atoms with E-state index in [1.807, 2.05) is 24.3 Å². The van der Waals surface area contributed by atoms with E-state index in [2.05, 4.69) is 15.5 Å². The lowest BCUT2D eigenvalue weighted by Gasteiger charge is -2.07. The summed E-state index contributed by atoms with van der Waals surface area (Å²) in [5, 5.41) is 9.95. The highest BCUT2D eigenvalue weighted by atomic mass is 16.5. The molecule has 1 aromatic carbocycles. The molecule has 1 atom stereocenters. The molecule has 1 aromatic heterocycles. The first-order chi connectivity index (χ1) is 11.8. The first kappa shape index (κ1) is 16.5. The smallest absolute Gasteiger partial charge is 0.269 e. The topological polar surface area (TPSA) is 76.2 Å². The summed E-state index contributed by atoms with van der Waals surface area (Å²) in [6, 6.07) is 9.36. The molecule has 6 nitrogen and oxygen atoms in total. The monoisotopic (exact) mass is 329 g/mol. The highest BCUT2D eigenvalue weighted by molar-refractivity contribution is 5.93. The highest BCUT2D eigenvalue weighted by Crippen LogP contribution is 2.22. The van der Waals surface area contributed by atoms with Crippen molar-refractivity contribution in [3.63, 3.8) is 0 Å². The Morgan fingerprint density at radius 1 is 1.46 bits per heavy atom. The summed E-state index contributed by atoms with van der Waals surface area (Å²) in [5.41, 5.74) is 2.10. The predicted molar refractivity (Wildman–Crippen MR) is 91.1 cm³/mol. The molecule has 3 rings (SSSR count). The first-order valence-corrected chi connectivity index (χ1v) is 8.32. The normalized spacial score (nSPS) is 17.0. The van der Waals surface area contributed by atoms with E-state index in [0.29, 0.717) is 18.2 Å². The number of aromatic nitrogens is 2. The highest BCUT2D eigenvalue weighted by Gasteiger charge is 2.15. The van der Waals surface area contributed by atoms with Crippen molar-refractivity contribution in [3.05, 3.63) is 36.0 Å². The molecular weight excluding hydrogens is 306 g/mol. The molecule has 1 amide bonds. The van der Waals surface area contributed by atoms with Gasteiger partial charge in [-0.1, -0.05) is 12.1 Å². The van der Waals surface area contributed by atoms with Crippen molar-refractivity contribution in [2.45, 2.75) is 19.3 Å². The Labute approximate surface area is 141 Å². The summed E-state index contributed by atoms with van der Waals surface area (Å²) in [6.45, 7) is 2.40. The van der Waals surface area contributed by atoms with Gasteiger partial charge in [0.1, 0.15) is 11.4 Å². The molecule has 0 saturated carbocycles. The molecule has 1 fully saturated rings. The molecule has 24 heavy (non-hydrogen) atoms. The van der Waals surface area contributed by atoms with E-state index in [0.717, 1.165) is 49.5 Å². The molecule has 0 radical (unpaired) electrons. The van der Waals surface area contributed by atoms with Gasteiger partial charge in [0, 0.05) is 25.3 Å². The summed E-state index contributed by atoms with van der Waals surface area (Å²) in [5.74, 6) is 1.28. The van der Waals surface area contributed by atoms with Gasteiger partial charge in [0.25, 0.3) is 5.91 Å². The van der Waals surface area contributed by atoms with Crippen LogP contribution in [0.4, 0.5) is 0 Å². The number of ether oxygens (including phenoxy) is 2. The second-order valence-electron chi connectivity index (χ2n) is 6.03. The van der Waals surface area contributed by atoms with E-state index in [1.165, 1.54) is 0 Å². The third-order valence-corrected chi connectivity index (χ3v) is 4.29. The van der Waals surface area contributed by atoms with Gasteiger partial charge in [-0.2, -0.15) is 5.10 Å². The first-order valence-electron chi connectivity index (χ1n) is 8.32. The number of amides is 1. The van der Waals surface area contributed by atoms with E-state index in [9.17, 15) is 4.79 Å². The summed E-state index contributed by atoms with van der Waals surface area (Å²) in [6.07, 6.45) is 3.20. The summed E-state index contributed by atoms with van der Waals surface area (Å²) < 4.78 is 10.6. The maximum absolute atomic E-state index is 12.2. The molecule has 0 bridgehead atoms. The predicted octanol–water partition coefficient (Wildman–Crippen LogP) is 2.63. The number of aromatic amines is 1. The standard InChI is InChI=1S/C18H23N3O3/c1-23-15-6-2-5-14(10-15)16-11-17(21-20-16)18(22)19-8-3-4-13-7-9-24-12-13/h2,5-6,10-11,13H,3-4,7-9,12H2,1H3,(H,19,22)(H,20,21)/t13-/m0/s1. The van der Waals surface area contributed by atoms with Crippen LogP contribution in [-0.4, -0.2) is 43.0 Å². The van der Waals surface area contributed by atoms with Gasteiger partial charge in [-0.25, -0.2) is 0 Å². The van der Waals surface area contributed by atoms with Gasteiger partial charge in [0.15, 0.2) is 0 Å². The van der Waals surface area contributed by atoms with Gasteiger partial charge in [-0.15, -0.1) is 0 Å². The van der Waals surface area contributed by atoms with Gasteiger partial charge in [-0.3, -0.25) is 9.89 Å². The van der Waals surface area contributed by atoms with Crippen LogP contribution in [-0.2, 0) is 4.74 Å². The second-order valence-corrected chi connectivity index (χ2v) is 6.03. The average molecular weight is 329 g/mol. The number of hydrogen-bond donors (Lipinski definition) is 2. The van der Waals surface area contributed by atoms with E-state index >= 15 is 0 Å². The van der Waals surface area contributed by atoms with Crippen molar-refractivity contribution >= 4 is 5.91 Å². The molecule has 2 heterocycles. The van der Waals surface area contributed by atoms with Gasteiger partial charge in [0.2, 0.25) is 0 Å². The maximum atomic E-state index is 12.2. The number of hydrogen-bond acceptors (Lipinski definition) is 4. The number of carbonyl (C=O) groups is 1. The molecule has 1 aliphatic rings. The maximum Gasteiger partial charge on any atom is 0.269 e. The lowest BCUT2D eigenvalue weighted by molar-refractivity contribution is 0.0947. The third kappa shape index (κ3) is 4.14. The summed E-state index contributed by atoms with van der Waals surface area (Å²) in [4.78, 5) is 12.2. The lowest BCUT2D eigenvalue weighted by atomic mass is 10.0. The average Bonchev–Trinajstić information content (AvgIpc) is 3.30. The minimum Gasteiger partial charge on any atom is -0.497 e. The van der Waals surface area contributed by atoms with Crippen molar-refractivity contribution < 1.29 is 14.3 Å². The minimum atomic E-state index is -0.126. The van der Waals surface area contributed by atoms with E-state index in [4.69, 9.17) is 9.47 Å². The van der Waals surface area contributed by atoms with Gasteiger partial charge < -0.3 is 14.8 Å². The van der Waals surface area contributed by atoms with Crippen molar-refractivity contribution in [3.8, 4) is 17.0 Å². The number of methoxy groups -OCH3 is 1. The zero-order valence-corrected chi connectivity index (χ0v) is 13.9. The number of rotatable bonds is 7. The van der Waals surface area contributed by atoms with Crippen molar-refractivity contribution in [1.29, 1.82) is 0 Å². The lowest BCUT2D eigenvalue weighted by Crippen LogP contribution is -2.25. The number of nitrogens with one attached hydrogen (secondary N) is 2. The second kappa shape index (κ2) is 7.97. The van der Waals surface area contributed by atoms with Crippen LogP contribution in [0.25, 0.3) is 11.3 Å². The summed E-state index contributed by atoms with van der Waals surface area (Å²) >= 11 is 0. The Balaban J connectivity index is 1.51.